The molecule has 2 N–H and O–H groups in total. The topological polar surface area (TPSA) is 68.2 Å². The van der Waals surface area contributed by atoms with Crippen LogP contribution in [-0.4, -0.2) is 29.3 Å². The van der Waals surface area contributed by atoms with Gasteiger partial charge in [-0.15, -0.1) is 0 Å². The van der Waals surface area contributed by atoms with Gasteiger partial charge in [-0.25, -0.2) is 4.68 Å². The highest BCUT2D eigenvalue weighted by molar-refractivity contribution is 5.94. The Labute approximate surface area is 151 Å². The monoisotopic (exact) mass is 348 g/mol. The maximum Gasteiger partial charge on any atom is 0.269 e. The van der Waals surface area contributed by atoms with Crippen LogP contribution < -0.4 is 15.4 Å². The second kappa shape index (κ2) is 7.01. The maximum absolute atomic E-state index is 12.2. The van der Waals surface area contributed by atoms with E-state index in [-0.39, 0.29) is 12.1 Å². The van der Waals surface area contributed by atoms with E-state index in [0.29, 0.717) is 18.8 Å². The fourth-order valence-electron chi connectivity index (χ4n) is 3.09. The molecule has 6 nitrogen and oxygen atoms in total. The van der Waals surface area contributed by atoms with E-state index < -0.39 is 0 Å². The molecule has 1 atom stereocenters. The summed E-state index contributed by atoms with van der Waals surface area (Å²) in [5, 5.41) is 11.1. The molecule has 1 aliphatic rings. The zero-order valence-corrected chi connectivity index (χ0v) is 14.5. The molecule has 2 heterocycles. The molecule has 1 aromatic heterocycles. The number of nitrogens with zero attached hydrogens (tertiary/aromatic N) is 2. The van der Waals surface area contributed by atoms with Gasteiger partial charge in [0.1, 0.15) is 17.6 Å². The van der Waals surface area contributed by atoms with E-state index in [2.05, 4.69) is 15.7 Å². The van der Waals surface area contributed by atoms with Crippen molar-refractivity contribution in [1.82, 2.24) is 20.4 Å². The SMILES string of the molecule is COc1cccc(CNC2CNC(=O)c3cc(-c4ccccc4)nn32)c1. The van der Waals surface area contributed by atoms with Gasteiger partial charge in [-0.2, -0.15) is 5.10 Å². The van der Waals surface area contributed by atoms with Gasteiger partial charge in [0.2, 0.25) is 0 Å². The number of fused-ring (bicyclic) bond motifs is 1. The Morgan fingerprint density at radius 2 is 2.04 bits per heavy atom. The summed E-state index contributed by atoms with van der Waals surface area (Å²) in [5.74, 6) is 0.728. The molecule has 1 amide bonds. The number of carbonyl (C=O) groups is 1. The molecule has 0 radical (unpaired) electrons. The quantitative estimate of drug-likeness (QED) is 0.744. The van der Waals surface area contributed by atoms with Gasteiger partial charge in [-0.1, -0.05) is 42.5 Å². The first-order chi connectivity index (χ1) is 12.7. The lowest BCUT2D eigenvalue weighted by atomic mass is 10.1. The Hall–Kier alpha value is -3.12. The predicted molar refractivity (Wildman–Crippen MR) is 98.9 cm³/mol. The van der Waals surface area contributed by atoms with E-state index in [1.165, 1.54) is 0 Å². The van der Waals surface area contributed by atoms with Gasteiger partial charge in [-0.05, 0) is 23.8 Å². The number of hydrogen-bond acceptors (Lipinski definition) is 4. The largest absolute Gasteiger partial charge is 0.497 e. The second-order valence-corrected chi connectivity index (χ2v) is 6.18. The summed E-state index contributed by atoms with van der Waals surface area (Å²) < 4.78 is 7.05. The molecule has 1 unspecified atom stereocenters. The molecule has 3 aromatic rings. The normalized spacial score (nSPS) is 16.0. The molecule has 2 aromatic carbocycles. The zero-order chi connectivity index (χ0) is 17.9. The van der Waals surface area contributed by atoms with Crippen LogP contribution in [0.25, 0.3) is 11.3 Å². The van der Waals surface area contributed by atoms with Gasteiger partial charge < -0.3 is 10.1 Å². The van der Waals surface area contributed by atoms with Gasteiger partial charge >= 0.3 is 0 Å². The molecule has 0 fully saturated rings. The van der Waals surface area contributed by atoms with E-state index in [0.717, 1.165) is 22.6 Å². The molecule has 0 spiro atoms. The Morgan fingerprint density at radius 3 is 2.85 bits per heavy atom. The van der Waals surface area contributed by atoms with Crippen LogP contribution in [0.2, 0.25) is 0 Å². The number of methoxy groups -OCH3 is 1. The van der Waals surface area contributed by atoms with Gasteiger partial charge in [0.05, 0.1) is 19.3 Å². The minimum absolute atomic E-state index is 0.0980. The zero-order valence-electron chi connectivity index (χ0n) is 14.5. The Balaban J connectivity index is 1.57. The van der Waals surface area contributed by atoms with Crippen molar-refractivity contribution in [2.24, 2.45) is 0 Å². The van der Waals surface area contributed by atoms with Gasteiger partial charge in [0, 0.05) is 12.1 Å². The van der Waals surface area contributed by atoms with Crippen molar-refractivity contribution in [2.45, 2.75) is 12.7 Å². The van der Waals surface area contributed by atoms with Crippen LogP contribution in [-0.2, 0) is 6.54 Å². The van der Waals surface area contributed by atoms with E-state index in [1.807, 2.05) is 60.7 Å². The fourth-order valence-corrected chi connectivity index (χ4v) is 3.09. The molecule has 4 rings (SSSR count). The molecular weight excluding hydrogens is 328 g/mol. The summed E-state index contributed by atoms with van der Waals surface area (Å²) in [6.07, 6.45) is -0.105. The lowest BCUT2D eigenvalue weighted by Crippen LogP contribution is -2.45. The standard InChI is InChI=1S/C20H20N4O2/c1-26-16-9-5-6-14(10-16)12-21-19-13-22-20(25)18-11-17(23-24(18)19)15-7-3-2-4-8-15/h2-11,19,21H,12-13H2,1H3,(H,22,25). The van der Waals surface area contributed by atoms with Gasteiger partial charge in [0.15, 0.2) is 0 Å². The van der Waals surface area contributed by atoms with Crippen molar-refractivity contribution in [1.29, 1.82) is 0 Å². The number of nitrogens with one attached hydrogen (secondary N) is 2. The average molecular weight is 348 g/mol. The van der Waals surface area contributed by atoms with Crippen molar-refractivity contribution in [3.05, 3.63) is 71.9 Å². The number of rotatable bonds is 5. The van der Waals surface area contributed by atoms with Gasteiger partial charge in [0.25, 0.3) is 5.91 Å². The Bertz CT molecular complexity index is 921. The van der Waals surface area contributed by atoms with Crippen LogP contribution in [0.15, 0.2) is 60.7 Å². The van der Waals surface area contributed by atoms with Crippen LogP contribution in [0.4, 0.5) is 0 Å². The smallest absolute Gasteiger partial charge is 0.269 e. The summed E-state index contributed by atoms with van der Waals surface area (Å²) in [4.78, 5) is 12.2. The molecule has 26 heavy (non-hydrogen) atoms. The second-order valence-electron chi connectivity index (χ2n) is 6.18. The molecule has 132 valence electrons. The van der Waals surface area contributed by atoms with Crippen LogP contribution in [0, 0.1) is 0 Å². The average Bonchev–Trinajstić information content (AvgIpc) is 3.15. The third kappa shape index (κ3) is 3.19. The predicted octanol–water partition coefficient (Wildman–Crippen LogP) is 2.59. The van der Waals surface area contributed by atoms with Crippen LogP contribution in [0.5, 0.6) is 5.75 Å². The van der Waals surface area contributed by atoms with Gasteiger partial charge in [-0.3, -0.25) is 10.1 Å². The number of hydrogen-bond donors (Lipinski definition) is 2. The number of aromatic nitrogens is 2. The lowest BCUT2D eigenvalue weighted by Gasteiger charge is -2.25. The summed E-state index contributed by atoms with van der Waals surface area (Å²) in [6.45, 7) is 1.14. The Morgan fingerprint density at radius 1 is 1.19 bits per heavy atom. The number of amides is 1. The minimum atomic E-state index is -0.105. The molecule has 1 aliphatic heterocycles. The molecule has 0 bridgehead atoms. The van der Waals surface area contributed by atoms with E-state index in [1.54, 1.807) is 11.8 Å². The molecule has 0 aliphatic carbocycles. The molecular formula is C20H20N4O2. The Kier molecular flexibility index (Phi) is 4.41. The van der Waals surface area contributed by atoms with Crippen molar-refractivity contribution in [3.63, 3.8) is 0 Å². The van der Waals surface area contributed by atoms with E-state index in [9.17, 15) is 4.79 Å². The third-order valence-electron chi connectivity index (χ3n) is 4.47. The third-order valence-corrected chi connectivity index (χ3v) is 4.47. The lowest BCUT2D eigenvalue weighted by molar-refractivity contribution is 0.0900. The first kappa shape index (κ1) is 16.4. The minimum Gasteiger partial charge on any atom is -0.497 e. The van der Waals surface area contributed by atoms with Crippen LogP contribution >= 0.6 is 0 Å². The highest BCUT2D eigenvalue weighted by atomic mass is 16.5. The molecule has 0 saturated carbocycles. The first-order valence-corrected chi connectivity index (χ1v) is 8.54. The van der Waals surface area contributed by atoms with Crippen LogP contribution in [0.3, 0.4) is 0 Å². The number of carbonyl (C=O) groups excluding carboxylic acids is 1. The number of ether oxygens (including phenoxy) is 1. The van der Waals surface area contributed by atoms with Crippen molar-refractivity contribution >= 4 is 5.91 Å². The van der Waals surface area contributed by atoms with E-state index >= 15 is 0 Å². The highest BCUT2D eigenvalue weighted by Crippen LogP contribution is 2.23. The summed E-state index contributed by atoms with van der Waals surface area (Å²) in [7, 11) is 1.66. The number of benzene rings is 2. The van der Waals surface area contributed by atoms with E-state index in [4.69, 9.17) is 4.74 Å². The maximum atomic E-state index is 12.2. The van der Waals surface area contributed by atoms with Crippen LogP contribution in [0.1, 0.15) is 22.2 Å². The first-order valence-electron chi connectivity index (χ1n) is 8.54. The summed E-state index contributed by atoms with van der Waals surface area (Å²) >= 11 is 0. The fraction of sp³-hybridized carbons (Fsp3) is 0.200. The van der Waals surface area contributed by atoms with Crippen molar-refractivity contribution < 1.29 is 9.53 Å². The van der Waals surface area contributed by atoms with Crippen molar-refractivity contribution in [2.75, 3.05) is 13.7 Å². The summed E-state index contributed by atoms with van der Waals surface area (Å²) in [5.41, 5.74) is 3.47. The molecule has 0 saturated heterocycles. The van der Waals surface area contributed by atoms with Crippen molar-refractivity contribution in [3.8, 4) is 17.0 Å². The summed E-state index contributed by atoms with van der Waals surface area (Å²) in [6, 6.07) is 19.6. The highest BCUT2D eigenvalue weighted by Gasteiger charge is 2.27. The molecule has 6 heteroatoms.